The number of nitrogens with zero attached hydrogens (tertiary/aromatic N) is 2. The first-order chi connectivity index (χ1) is 10.1. The van der Waals surface area contributed by atoms with E-state index in [2.05, 4.69) is 16.4 Å². The molecular weight excluding hydrogens is 264 g/mol. The molecule has 2 rings (SSSR count). The average Bonchev–Trinajstić information content (AvgIpc) is 2.96. The summed E-state index contributed by atoms with van der Waals surface area (Å²) < 4.78 is 2.14. The molecule has 0 spiro atoms. The number of likely N-dealkylation sites (tertiary alicyclic amines) is 1. The zero-order valence-electron chi connectivity index (χ0n) is 13.4. The van der Waals surface area contributed by atoms with E-state index in [0.717, 1.165) is 37.4 Å². The van der Waals surface area contributed by atoms with E-state index in [-0.39, 0.29) is 11.2 Å². The van der Waals surface area contributed by atoms with E-state index in [1.54, 1.807) is 6.07 Å². The van der Waals surface area contributed by atoms with Gasteiger partial charge in [0.1, 0.15) is 0 Å². The molecule has 1 aliphatic heterocycles. The quantitative estimate of drug-likeness (QED) is 0.786. The summed E-state index contributed by atoms with van der Waals surface area (Å²) in [5, 5.41) is 10.2. The maximum absolute atomic E-state index is 11.9. The lowest BCUT2D eigenvalue weighted by molar-refractivity contribution is 0.308. The fourth-order valence-electron chi connectivity index (χ4n) is 3.14. The highest BCUT2D eigenvalue weighted by atomic mass is 16.3. The maximum atomic E-state index is 11.9. The van der Waals surface area contributed by atoms with Crippen LogP contribution in [0.4, 0.5) is 0 Å². The third kappa shape index (κ3) is 4.10. The maximum Gasteiger partial charge on any atom is 0.223 e. The molecule has 1 aliphatic rings. The molecule has 1 N–H and O–H groups in total. The Morgan fingerprint density at radius 2 is 1.90 bits per heavy atom. The van der Waals surface area contributed by atoms with Gasteiger partial charge in [0, 0.05) is 24.8 Å². The Labute approximate surface area is 127 Å². The molecule has 0 bridgehead atoms. The summed E-state index contributed by atoms with van der Waals surface area (Å²) in [6.45, 7) is 7.89. The molecule has 0 saturated carbocycles. The first kappa shape index (κ1) is 16.1. The van der Waals surface area contributed by atoms with Gasteiger partial charge in [-0.15, -0.1) is 0 Å². The van der Waals surface area contributed by atoms with Crippen LogP contribution in [0.25, 0.3) is 0 Å². The normalized spacial score (nSPS) is 15.7. The lowest BCUT2D eigenvalue weighted by Gasteiger charge is -2.22. The zero-order chi connectivity index (χ0) is 15.2. The third-order valence-electron chi connectivity index (χ3n) is 4.41. The van der Waals surface area contributed by atoms with Crippen molar-refractivity contribution in [3.8, 4) is 5.75 Å². The van der Waals surface area contributed by atoms with Crippen LogP contribution in [0, 0.1) is 6.92 Å². The van der Waals surface area contributed by atoms with E-state index in [0.29, 0.717) is 6.54 Å². The van der Waals surface area contributed by atoms with Crippen LogP contribution in [0.2, 0.25) is 0 Å². The number of unbranched alkanes of at least 4 members (excludes halogenated alkanes) is 3. The molecule has 4 heteroatoms. The molecule has 0 amide bonds. The second-order valence-electron chi connectivity index (χ2n) is 6.14. The molecule has 2 heterocycles. The molecule has 1 fully saturated rings. The van der Waals surface area contributed by atoms with E-state index in [4.69, 9.17) is 0 Å². The second kappa shape index (κ2) is 7.64. The van der Waals surface area contributed by atoms with Crippen LogP contribution in [0.1, 0.15) is 56.8 Å². The summed E-state index contributed by atoms with van der Waals surface area (Å²) in [5.74, 6) is -0.0528. The van der Waals surface area contributed by atoms with Crippen molar-refractivity contribution in [2.45, 2.75) is 65.5 Å². The van der Waals surface area contributed by atoms with Crippen LogP contribution in [0.3, 0.4) is 0 Å². The van der Waals surface area contributed by atoms with Crippen molar-refractivity contribution in [1.29, 1.82) is 0 Å². The topological polar surface area (TPSA) is 45.5 Å². The van der Waals surface area contributed by atoms with E-state index in [1.165, 1.54) is 32.1 Å². The highest BCUT2D eigenvalue weighted by molar-refractivity contribution is 5.29. The number of aromatic nitrogens is 1. The highest BCUT2D eigenvalue weighted by Crippen LogP contribution is 2.20. The van der Waals surface area contributed by atoms with Gasteiger partial charge in [-0.25, -0.2) is 0 Å². The largest absolute Gasteiger partial charge is 0.503 e. The van der Waals surface area contributed by atoms with Crippen LogP contribution in [-0.4, -0.2) is 27.7 Å². The SMILES string of the molecule is CCCCCCn1c(C)cc(=O)c(O)c1CN1CCCC1. The van der Waals surface area contributed by atoms with Crippen LogP contribution in [-0.2, 0) is 13.1 Å². The van der Waals surface area contributed by atoms with Gasteiger partial charge in [0.25, 0.3) is 0 Å². The zero-order valence-corrected chi connectivity index (χ0v) is 13.4. The van der Waals surface area contributed by atoms with Crippen LogP contribution in [0.5, 0.6) is 5.75 Å². The lowest BCUT2D eigenvalue weighted by atomic mass is 10.2. The van der Waals surface area contributed by atoms with Gasteiger partial charge >= 0.3 is 0 Å². The van der Waals surface area contributed by atoms with E-state index < -0.39 is 0 Å². The highest BCUT2D eigenvalue weighted by Gasteiger charge is 2.18. The summed E-state index contributed by atoms with van der Waals surface area (Å²) in [7, 11) is 0. The number of aryl methyl sites for hydroxylation is 1. The molecule has 0 aromatic carbocycles. The van der Waals surface area contributed by atoms with Gasteiger partial charge in [-0.3, -0.25) is 9.69 Å². The van der Waals surface area contributed by atoms with Crippen molar-refractivity contribution in [3.05, 3.63) is 27.7 Å². The Bertz CT molecular complexity index is 516. The van der Waals surface area contributed by atoms with Crippen molar-refractivity contribution in [3.63, 3.8) is 0 Å². The van der Waals surface area contributed by atoms with Gasteiger partial charge in [0.15, 0.2) is 5.75 Å². The van der Waals surface area contributed by atoms with Crippen LogP contribution in [0.15, 0.2) is 10.9 Å². The van der Waals surface area contributed by atoms with Crippen molar-refractivity contribution >= 4 is 0 Å². The van der Waals surface area contributed by atoms with Crippen molar-refractivity contribution in [2.24, 2.45) is 0 Å². The van der Waals surface area contributed by atoms with Gasteiger partial charge in [0.2, 0.25) is 5.43 Å². The Morgan fingerprint density at radius 1 is 1.19 bits per heavy atom. The fourth-order valence-corrected chi connectivity index (χ4v) is 3.14. The molecule has 21 heavy (non-hydrogen) atoms. The molecule has 118 valence electrons. The number of hydrogen-bond donors (Lipinski definition) is 1. The monoisotopic (exact) mass is 292 g/mol. The molecule has 0 radical (unpaired) electrons. The van der Waals surface area contributed by atoms with Gasteiger partial charge in [-0.05, 0) is 39.3 Å². The van der Waals surface area contributed by atoms with Gasteiger partial charge in [-0.1, -0.05) is 26.2 Å². The minimum absolute atomic E-state index is 0.0528. The predicted molar refractivity (Wildman–Crippen MR) is 85.8 cm³/mol. The summed E-state index contributed by atoms with van der Waals surface area (Å²) >= 11 is 0. The Hall–Kier alpha value is -1.29. The van der Waals surface area contributed by atoms with E-state index in [1.807, 2.05) is 6.92 Å². The fraction of sp³-hybridized carbons (Fsp3) is 0.706. The standard InChI is InChI=1S/C17H28N2O2/c1-3-4-5-6-11-19-14(2)12-16(20)17(21)15(19)13-18-9-7-8-10-18/h12,21H,3-11,13H2,1-2H3. The Kier molecular flexibility index (Phi) is 5.85. The van der Waals surface area contributed by atoms with Crippen LogP contribution < -0.4 is 5.43 Å². The lowest BCUT2D eigenvalue weighted by Crippen LogP contribution is -2.25. The third-order valence-corrected chi connectivity index (χ3v) is 4.41. The average molecular weight is 292 g/mol. The predicted octanol–water partition coefficient (Wildman–Crippen LogP) is 3.04. The molecule has 0 atom stereocenters. The molecular formula is C17H28N2O2. The van der Waals surface area contributed by atoms with Crippen molar-refractivity contribution in [1.82, 2.24) is 9.47 Å². The Morgan fingerprint density at radius 3 is 2.57 bits per heavy atom. The minimum atomic E-state index is -0.244. The van der Waals surface area contributed by atoms with Crippen molar-refractivity contribution < 1.29 is 5.11 Å². The molecule has 0 aliphatic carbocycles. The summed E-state index contributed by atoms with van der Waals surface area (Å²) in [6.07, 6.45) is 7.19. The van der Waals surface area contributed by atoms with Gasteiger partial charge in [0.05, 0.1) is 5.69 Å². The first-order valence-corrected chi connectivity index (χ1v) is 8.28. The van der Waals surface area contributed by atoms with Crippen molar-refractivity contribution in [2.75, 3.05) is 13.1 Å². The molecule has 4 nitrogen and oxygen atoms in total. The smallest absolute Gasteiger partial charge is 0.223 e. The number of hydrogen-bond acceptors (Lipinski definition) is 3. The minimum Gasteiger partial charge on any atom is -0.503 e. The second-order valence-corrected chi connectivity index (χ2v) is 6.14. The number of aromatic hydroxyl groups is 1. The summed E-state index contributed by atoms with van der Waals surface area (Å²) in [6, 6.07) is 1.56. The number of rotatable bonds is 7. The van der Waals surface area contributed by atoms with E-state index >= 15 is 0 Å². The molecule has 1 saturated heterocycles. The first-order valence-electron chi connectivity index (χ1n) is 8.28. The van der Waals surface area contributed by atoms with Gasteiger partial charge < -0.3 is 9.67 Å². The van der Waals surface area contributed by atoms with E-state index in [9.17, 15) is 9.90 Å². The Balaban J connectivity index is 2.19. The molecule has 1 aromatic rings. The van der Waals surface area contributed by atoms with Crippen LogP contribution >= 0.6 is 0 Å². The molecule has 0 unspecified atom stereocenters. The summed E-state index contributed by atoms with van der Waals surface area (Å²) in [5.41, 5.74) is 1.52. The number of pyridine rings is 1. The van der Waals surface area contributed by atoms with Gasteiger partial charge in [-0.2, -0.15) is 0 Å². The molecule has 1 aromatic heterocycles. The summed E-state index contributed by atoms with van der Waals surface area (Å²) in [4.78, 5) is 14.2.